The first-order chi connectivity index (χ1) is 11.1. The van der Waals surface area contributed by atoms with Gasteiger partial charge >= 0.3 is 0 Å². The van der Waals surface area contributed by atoms with Crippen LogP contribution >= 0.6 is 23.2 Å². The lowest BCUT2D eigenvalue weighted by Gasteiger charge is -2.13. The van der Waals surface area contributed by atoms with Gasteiger partial charge in [0.05, 0.1) is 10.0 Å². The van der Waals surface area contributed by atoms with E-state index < -0.39 is 11.9 Å². The van der Waals surface area contributed by atoms with E-state index in [-0.39, 0.29) is 12.4 Å². The Morgan fingerprint density at radius 2 is 1.91 bits per heavy atom. The minimum Gasteiger partial charge on any atom is -0.488 e. The van der Waals surface area contributed by atoms with Crippen LogP contribution in [0.1, 0.15) is 5.56 Å². The highest BCUT2D eigenvalue weighted by atomic mass is 35.5. The van der Waals surface area contributed by atoms with Crippen molar-refractivity contribution in [2.75, 3.05) is 19.7 Å². The Morgan fingerprint density at radius 1 is 1.13 bits per heavy atom. The molecule has 0 bridgehead atoms. The fourth-order valence-electron chi connectivity index (χ4n) is 2.00. The molecule has 0 radical (unpaired) electrons. The molecule has 0 fully saturated rings. The molecule has 0 spiro atoms. The molecule has 2 aromatic carbocycles. The van der Waals surface area contributed by atoms with Gasteiger partial charge in [-0.25, -0.2) is 4.39 Å². The first kappa shape index (κ1) is 18.0. The molecule has 124 valence electrons. The van der Waals surface area contributed by atoms with Gasteiger partial charge in [0.15, 0.2) is 11.6 Å². The third-order valence-electron chi connectivity index (χ3n) is 3.22. The van der Waals surface area contributed by atoms with Crippen LogP contribution in [0.2, 0.25) is 10.0 Å². The predicted molar refractivity (Wildman–Crippen MR) is 90.9 cm³/mol. The summed E-state index contributed by atoms with van der Waals surface area (Å²) < 4.78 is 18.6. The summed E-state index contributed by atoms with van der Waals surface area (Å²) in [5.41, 5.74) is 1.06. The molecule has 0 heterocycles. The third kappa shape index (κ3) is 5.99. The van der Waals surface area contributed by atoms with E-state index in [4.69, 9.17) is 27.9 Å². The molecule has 6 heteroatoms. The zero-order chi connectivity index (χ0) is 16.7. The van der Waals surface area contributed by atoms with Crippen molar-refractivity contribution in [1.29, 1.82) is 0 Å². The van der Waals surface area contributed by atoms with E-state index in [0.717, 1.165) is 12.0 Å². The monoisotopic (exact) mass is 357 g/mol. The summed E-state index contributed by atoms with van der Waals surface area (Å²) in [5, 5.41) is 14.0. The smallest absolute Gasteiger partial charge is 0.165 e. The van der Waals surface area contributed by atoms with E-state index in [2.05, 4.69) is 5.32 Å². The Labute approximate surface area is 145 Å². The maximum atomic E-state index is 13.4. The second kappa shape index (κ2) is 9.08. The van der Waals surface area contributed by atoms with Crippen molar-refractivity contribution in [3.8, 4) is 5.75 Å². The average Bonchev–Trinajstić information content (AvgIpc) is 2.54. The van der Waals surface area contributed by atoms with Crippen LogP contribution in [0, 0.1) is 5.82 Å². The van der Waals surface area contributed by atoms with Crippen molar-refractivity contribution in [3.05, 3.63) is 63.9 Å². The maximum Gasteiger partial charge on any atom is 0.165 e. The van der Waals surface area contributed by atoms with Gasteiger partial charge in [-0.1, -0.05) is 41.4 Å². The van der Waals surface area contributed by atoms with Gasteiger partial charge in [-0.3, -0.25) is 0 Å². The molecule has 1 atom stereocenters. The van der Waals surface area contributed by atoms with Crippen molar-refractivity contribution < 1.29 is 14.2 Å². The molecule has 0 saturated carbocycles. The number of nitrogens with one attached hydrogen (secondary N) is 1. The second-order valence-electron chi connectivity index (χ2n) is 5.10. The summed E-state index contributed by atoms with van der Waals surface area (Å²) in [7, 11) is 0. The summed E-state index contributed by atoms with van der Waals surface area (Å²) in [6.07, 6.45) is 0.0426. The van der Waals surface area contributed by atoms with E-state index in [1.54, 1.807) is 18.2 Å². The molecule has 0 amide bonds. The van der Waals surface area contributed by atoms with Gasteiger partial charge in [0.25, 0.3) is 0 Å². The Kier molecular flexibility index (Phi) is 7.12. The number of rotatable bonds is 8. The van der Waals surface area contributed by atoms with Crippen molar-refractivity contribution in [3.63, 3.8) is 0 Å². The zero-order valence-corrected chi connectivity index (χ0v) is 13.9. The van der Waals surface area contributed by atoms with E-state index in [0.29, 0.717) is 23.1 Å². The largest absolute Gasteiger partial charge is 0.488 e. The molecule has 2 aromatic rings. The standard InChI is InChI=1S/C17H18Cl2FNO2/c18-14-6-5-12(9-15(14)19)7-8-21-10-13(22)11-23-17-4-2-1-3-16(17)20/h1-6,9,13,21-22H,7-8,10-11H2/t13-/m0/s1. The lowest BCUT2D eigenvalue weighted by molar-refractivity contribution is 0.104. The Morgan fingerprint density at radius 3 is 2.65 bits per heavy atom. The van der Waals surface area contributed by atoms with Gasteiger partial charge in [-0.2, -0.15) is 0 Å². The molecular weight excluding hydrogens is 340 g/mol. The second-order valence-corrected chi connectivity index (χ2v) is 5.91. The first-order valence-electron chi connectivity index (χ1n) is 7.26. The number of benzene rings is 2. The van der Waals surface area contributed by atoms with Gasteiger partial charge in [0, 0.05) is 6.54 Å². The van der Waals surface area contributed by atoms with Crippen LogP contribution in [0.4, 0.5) is 4.39 Å². The highest BCUT2D eigenvalue weighted by Crippen LogP contribution is 2.22. The first-order valence-corrected chi connectivity index (χ1v) is 8.02. The summed E-state index contributed by atoms with van der Waals surface area (Å²) in [6, 6.07) is 11.6. The molecule has 2 N–H and O–H groups in total. The highest BCUT2D eigenvalue weighted by molar-refractivity contribution is 6.42. The average molecular weight is 358 g/mol. The number of hydrogen-bond acceptors (Lipinski definition) is 3. The van der Waals surface area contributed by atoms with E-state index in [1.807, 2.05) is 12.1 Å². The van der Waals surface area contributed by atoms with Crippen LogP contribution in [0.25, 0.3) is 0 Å². The SMILES string of the molecule is O[C@@H](CNCCc1ccc(Cl)c(Cl)c1)COc1ccccc1F. The van der Waals surface area contributed by atoms with Crippen LogP contribution in [-0.4, -0.2) is 30.9 Å². The summed E-state index contributed by atoms with van der Waals surface area (Å²) in [6.45, 7) is 1.06. The molecule has 23 heavy (non-hydrogen) atoms. The van der Waals surface area contributed by atoms with Gasteiger partial charge in [0.1, 0.15) is 12.7 Å². The maximum absolute atomic E-state index is 13.4. The molecule has 0 aliphatic heterocycles. The molecule has 0 saturated heterocycles. The van der Waals surface area contributed by atoms with Crippen LogP contribution < -0.4 is 10.1 Å². The highest BCUT2D eigenvalue weighted by Gasteiger charge is 2.07. The van der Waals surface area contributed by atoms with Crippen LogP contribution in [0.3, 0.4) is 0 Å². The van der Waals surface area contributed by atoms with Crippen molar-refractivity contribution in [2.24, 2.45) is 0 Å². The minimum absolute atomic E-state index is 0.0285. The predicted octanol–water partition coefficient (Wildman–Crippen LogP) is 3.70. The number of hydrogen-bond donors (Lipinski definition) is 2. The Hall–Kier alpha value is -1.33. The molecule has 3 nitrogen and oxygen atoms in total. The van der Waals surface area contributed by atoms with Crippen molar-refractivity contribution >= 4 is 23.2 Å². The normalized spacial score (nSPS) is 12.2. The number of ether oxygens (including phenoxy) is 1. The number of halogens is 3. The number of aliphatic hydroxyl groups excluding tert-OH is 1. The Bertz CT molecular complexity index is 640. The van der Waals surface area contributed by atoms with Crippen LogP contribution in [0.5, 0.6) is 5.75 Å². The fraction of sp³-hybridized carbons (Fsp3) is 0.294. The quantitative estimate of drug-likeness (QED) is 0.707. The summed E-state index contributed by atoms with van der Waals surface area (Å²) in [5.74, 6) is -0.297. The van der Waals surface area contributed by atoms with Crippen LogP contribution in [0.15, 0.2) is 42.5 Å². The van der Waals surface area contributed by atoms with Gasteiger partial charge in [-0.05, 0) is 42.8 Å². The molecule has 0 unspecified atom stereocenters. The number of aliphatic hydroxyl groups is 1. The topological polar surface area (TPSA) is 41.5 Å². The third-order valence-corrected chi connectivity index (χ3v) is 3.96. The van der Waals surface area contributed by atoms with Gasteiger partial charge < -0.3 is 15.2 Å². The lowest BCUT2D eigenvalue weighted by Crippen LogP contribution is -2.32. The summed E-state index contributed by atoms with van der Waals surface area (Å²) in [4.78, 5) is 0. The number of para-hydroxylation sites is 1. The lowest BCUT2D eigenvalue weighted by atomic mass is 10.1. The summed E-state index contributed by atoms with van der Waals surface area (Å²) >= 11 is 11.8. The van der Waals surface area contributed by atoms with Crippen molar-refractivity contribution in [2.45, 2.75) is 12.5 Å². The molecule has 0 aliphatic carbocycles. The van der Waals surface area contributed by atoms with Crippen molar-refractivity contribution in [1.82, 2.24) is 5.32 Å². The fourth-order valence-corrected chi connectivity index (χ4v) is 2.32. The van der Waals surface area contributed by atoms with Gasteiger partial charge in [-0.15, -0.1) is 0 Å². The Balaban J connectivity index is 1.65. The van der Waals surface area contributed by atoms with E-state index >= 15 is 0 Å². The molecule has 2 rings (SSSR count). The molecule has 0 aliphatic rings. The minimum atomic E-state index is -0.719. The zero-order valence-electron chi connectivity index (χ0n) is 12.4. The van der Waals surface area contributed by atoms with Gasteiger partial charge in [0.2, 0.25) is 0 Å². The molecule has 0 aromatic heterocycles. The van der Waals surface area contributed by atoms with E-state index in [9.17, 15) is 9.50 Å². The molecular formula is C17H18Cl2FNO2. The van der Waals surface area contributed by atoms with E-state index in [1.165, 1.54) is 12.1 Å². The van der Waals surface area contributed by atoms with Crippen LogP contribution in [-0.2, 0) is 6.42 Å².